The van der Waals surface area contributed by atoms with Gasteiger partial charge in [0.1, 0.15) is 5.03 Å². The van der Waals surface area contributed by atoms with Crippen molar-refractivity contribution < 1.29 is 9.53 Å². The molecule has 4 nitrogen and oxygen atoms in total. The SMILES string of the molecule is Cc1cccc(C2=NC(=Cc3cc4ccc(C)cc4nc3Sc3ccc(Cl)cc3)C(=O)O2)c1. The Kier molecular flexibility index (Phi) is 5.75. The minimum absolute atomic E-state index is 0.248. The molecule has 0 amide bonds. The van der Waals surface area contributed by atoms with Crippen LogP contribution in [-0.4, -0.2) is 16.9 Å². The lowest BCUT2D eigenvalue weighted by molar-refractivity contribution is -0.129. The number of hydrogen-bond acceptors (Lipinski definition) is 5. The second kappa shape index (κ2) is 8.85. The molecule has 0 atom stereocenters. The summed E-state index contributed by atoms with van der Waals surface area (Å²) >= 11 is 7.56. The van der Waals surface area contributed by atoms with Gasteiger partial charge in [0.05, 0.1) is 5.52 Å². The van der Waals surface area contributed by atoms with E-state index < -0.39 is 5.97 Å². The molecule has 0 radical (unpaired) electrons. The predicted molar refractivity (Wildman–Crippen MR) is 134 cm³/mol. The van der Waals surface area contributed by atoms with Crippen molar-refractivity contribution in [2.75, 3.05) is 0 Å². The molecule has 4 aromatic rings. The molecule has 162 valence electrons. The third-order valence-corrected chi connectivity index (χ3v) is 6.45. The lowest BCUT2D eigenvalue weighted by Crippen LogP contribution is -2.05. The van der Waals surface area contributed by atoms with E-state index in [4.69, 9.17) is 21.3 Å². The Morgan fingerprint density at radius 2 is 1.73 bits per heavy atom. The molecule has 0 N–H and O–H groups in total. The van der Waals surface area contributed by atoms with Crippen LogP contribution in [0.3, 0.4) is 0 Å². The summed E-state index contributed by atoms with van der Waals surface area (Å²) in [5, 5.41) is 2.44. The van der Waals surface area contributed by atoms with E-state index in [1.54, 1.807) is 6.08 Å². The summed E-state index contributed by atoms with van der Waals surface area (Å²) in [4.78, 5) is 23.0. The number of rotatable bonds is 4. The number of carbonyl (C=O) groups excluding carboxylic acids is 1. The summed E-state index contributed by atoms with van der Waals surface area (Å²) in [6.07, 6.45) is 1.75. The van der Waals surface area contributed by atoms with Crippen LogP contribution < -0.4 is 0 Å². The maximum Gasteiger partial charge on any atom is 0.363 e. The van der Waals surface area contributed by atoms with Crippen LogP contribution in [0.25, 0.3) is 17.0 Å². The average Bonchev–Trinajstić information content (AvgIpc) is 3.16. The molecule has 0 saturated carbocycles. The summed E-state index contributed by atoms with van der Waals surface area (Å²) in [5.41, 5.74) is 4.92. The molecule has 33 heavy (non-hydrogen) atoms. The van der Waals surface area contributed by atoms with Gasteiger partial charge in [0, 0.05) is 26.4 Å². The van der Waals surface area contributed by atoms with Gasteiger partial charge in [-0.05, 0) is 74.0 Å². The number of halogens is 1. The van der Waals surface area contributed by atoms with Gasteiger partial charge >= 0.3 is 5.97 Å². The number of carbonyl (C=O) groups is 1. The molecule has 0 spiro atoms. The Labute approximate surface area is 201 Å². The Bertz CT molecular complexity index is 1460. The molecular weight excluding hydrogens is 452 g/mol. The third kappa shape index (κ3) is 4.70. The van der Waals surface area contributed by atoms with Crippen LogP contribution in [0.5, 0.6) is 0 Å². The largest absolute Gasteiger partial charge is 0.402 e. The zero-order valence-electron chi connectivity index (χ0n) is 18.0. The second-order valence-electron chi connectivity index (χ2n) is 7.84. The fourth-order valence-corrected chi connectivity index (χ4v) is 4.53. The summed E-state index contributed by atoms with van der Waals surface area (Å²) in [7, 11) is 0. The number of ether oxygens (including phenoxy) is 1. The average molecular weight is 471 g/mol. The molecule has 1 aromatic heterocycles. The van der Waals surface area contributed by atoms with Crippen LogP contribution in [-0.2, 0) is 9.53 Å². The Hall–Kier alpha value is -3.41. The van der Waals surface area contributed by atoms with Crippen LogP contribution in [0.4, 0.5) is 0 Å². The first kappa shape index (κ1) is 21.4. The first-order chi connectivity index (χ1) is 15.9. The van der Waals surface area contributed by atoms with Crippen molar-refractivity contribution >= 4 is 52.2 Å². The van der Waals surface area contributed by atoms with E-state index in [-0.39, 0.29) is 5.70 Å². The molecule has 5 rings (SSSR count). The van der Waals surface area contributed by atoms with Crippen LogP contribution in [0.1, 0.15) is 22.3 Å². The molecule has 3 aromatic carbocycles. The number of esters is 1. The molecule has 0 unspecified atom stereocenters. The topological polar surface area (TPSA) is 51.5 Å². The number of hydrogen-bond donors (Lipinski definition) is 0. The van der Waals surface area contributed by atoms with Crippen LogP contribution in [0.15, 0.2) is 93.4 Å². The molecule has 0 fully saturated rings. The van der Waals surface area contributed by atoms with Crippen molar-refractivity contribution in [3.63, 3.8) is 0 Å². The normalized spacial score (nSPS) is 14.6. The summed E-state index contributed by atoms with van der Waals surface area (Å²) in [5.74, 6) is -0.163. The molecular formula is C27H19ClN2O2S. The molecule has 0 aliphatic carbocycles. The van der Waals surface area contributed by atoms with Crippen LogP contribution >= 0.6 is 23.4 Å². The summed E-state index contributed by atoms with van der Waals surface area (Å²) in [6, 6.07) is 23.5. The van der Waals surface area contributed by atoms with Crippen molar-refractivity contribution in [2.24, 2.45) is 4.99 Å². The lowest BCUT2D eigenvalue weighted by atomic mass is 10.1. The minimum atomic E-state index is -0.474. The van der Waals surface area contributed by atoms with E-state index in [1.165, 1.54) is 11.8 Å². The van der Waals surface area contributed by atoms with E-state index in [0.717, 1.165) is 43.1 Å². The number of aromatic nitrogens is 1. The van der Waals surface area contributed by atoms with E-state index >= 15 is 0 Å². The molecule has 2 heterocycles. The number of nitrogens with zero attached hydrogens (tertiary/aromatic N) is 2. The predicted octanol–water partition coefficient (Wildman–Crippen LogP) is 7.00. The maximum atomic E-state index is 12.6. The number of fused-ring (bicyclic) bond motifs is 1. The van der Waals surface area contributed by atoms with Crippen LogP contribution in [0, 0.1) is 13.8 Å². The lowest BCUT2D eigenvalue weighted by Gasteiger charge is -2.09. The van der Waals surface area contributed by atoms with Crippen molar-refractivity contribution in [3.8, 4) is 0 Å². The van der Waals surface area contributed by atoms with E-state index in [9.17, 15) is 4.79 Å². The Morgan fingerprint density at radius 1 is 0.939 bits per heavy atom. The number of benzene rings is 3. The highest BCUT2D eigenvalue weighted by molar-refractivity contribution is 7.99. The molecule has 0 saturated heterocycles. The smallest absolute Gasteiger partial charge is 0.363 e. The first-order valence-corrected chi connectivity index (χ1v) is 11.6. The van der Waals surface area contributed by atoms with Gasteiger partial charge in [-0.15, -0.1) is 0 Å². The van der Waals surface area contributed by atoms with Crippen molar-refractivity contribution in [1.82, 2.24) is 4.98 Å². The van der Waals surface area contributed by atoms with Gasteiger partial charge < -0.3 is 4.74 Å². The van der Waals surface area contributed by atoms with Gasteiger partial charge in [0.15, 0.2) is 5.70 Å². The highest BCUT2D eigenvalue weighted by atomic mass is 35.5. The van der Waals surface area contributed by atoms with Gasteiger partial charge in [-0.2, -0.15) is 0 Å². The fraction of sp³-hybridized carbons (Fsp3) is 0.0741. The third-order valence-electron chi connectivity index (χ3n) is 5.17. The number of aryl methyl sites for hydroxylation is 2. The first-order valence-electron chi connectivity index (χ1n) is 10.4. The standard InChI is InChI=1S/C27H19ClN2O2S/c1-16-4-3-5-19(12-16)25-29-24(27(31)32-25)15-20-14-18-7-6-17(2)13-23(18)30-26(20)33-22-10-8-21(28)9-11-22/h3-15H,1-2H3. The quantitative estimate of drug-likeness (QED) is 0.238. The number of cyclic esters (lactones) is 1. The van der Waals surface area contributed by atoms with Gasteiger partial charge in [-0.25, -0.2) is 14.8 Å². The zero-order valence-corrected chi connectivity index (χ0v) is 19.6. The van der Waals surface area contributed by atoms with Crippen LogP contribution in [0.2, 0.25) is 5.02 Å². The summed E-state index contributed by atoms with van der Waals surface area (Å²) in [6.45, 7) is 4.03. The van der Waals surface area contributed by atoms with Crippen molar-refractivity contribution in [1.29, 1.82) is 0 Å². The zero-order chi connectivity index (χ0) is 22.9. The molecule has 6 heteroatoms. The van der Waals surface area contributed by atoms with E-state index in [1.807, 2.05) is 80.6 Å². The fourth-order valence-electron chi connectivity index (χ4n) is 3.53. The Morgan fingerprint density at radius 3 is 2.52 bits per heavy atom. The van der Waals surface area contributed by atoms with Gasteiger partial charge in [0.2, 0.25) is 5.90 Å². The summed E-state index contributed by atoms with van der Waals surface area (Å²) < 4.78 is 5.46. The highest BCUT2D eigenvalue weighted by Crippen LogP contribution is 2.34. The highest BCUT2D eigenvalue weighted by Gasteiger charge is 2.25. The second-order valence-corrected chi connectivity index (χ2v) is 9.34. The van der Waals surface area contributed by atoms with E-state index in [2.05, 4.69) is 11.1 Å². The maximum absolute atomic E-state index is 12.6. The molecule has 1 aliphatic rings. The monoisotopic (exact) mass is 470 g/mol. The minimum Gasteiger partial charge on any atom is -0.402 e. The van der Waals surface area contributed by atoms with Crippen molar-refractivity contribution in [2.45, 2.75) is 23.8 Å². The molecule has 1 aliphatic heterocycles. The number of aliphatic imine (C=N–C) groups is 1. The van der Waals surface area contributed by atoms with Crippen molar-refractivity contribution in [3.05, 3.63) is 106 Å². The Balaban J connectivity index is 1.59. The van der Waals surface area contributed by atoms with Gasteiger partial charge in [-0.1, -0.05) is 53.2 Å². The van der Waals surface area contributed by atoms with Gasteiger partial charge in [-0.3, -0.25) is 0 Å². The van der Waals surface area contributed by atoms with E-state index in [0.29, 0.717) is 10.9 Å². The number of pyridine rings is 1. The molecule has 0 bridgehead atoms. The van der Waals surface area contributed by atoms with Gasteiger partial charge in [0.25, 0.3) is 0 Å².